The van der Waals surface area contributed by atoms with Crippen LogP contribution in [-0.4, -0.2) is 27.5 Å². The van der Waals surface area contributed by atoms with E-state index in [1.807, 2.05) is 44.2 Å². The second-order valence-corrected chi connectivity index (χ2v) is 6.46. The molecule has 2 aromatic rings. The Bertz CT molecular complexity index is 976. The monoisotopic (exact) mass is 387 g/mol. The van der Waals surface area contributed by atoms with Crippen molar-refractivity contribution in [1.29, 1.82) is 0 Å². The molecule has 0 radical (unpaired) electrons. The van der Waals surface area contributed by atoms with Crippen LogP contribution in [0, 0.1) is 0 Å². The lowest BCUT2D eigenvalue weighted by molar-refractivity contribution is -0.144. The lowest BCUT2D eigenvalue weighted by Crippen LogP contribution is -2.43. The van der Waals surface area contributed by atoms with E-state index in [0.29, 0.717) is 12.8 Å². The van der Waals surface area contributed by atoms with Gasteiger partial charge in [-0.1, -0.05) is 44.2 Å². The Morgan fingerprint density at radius 1 is 1.14 bits per heavy atom. The third kappa shape index (κ3) is 4.21. The van der Waals surface area contributed by atoms with Crippen LogP contribution in [0.1, 0.15) is 48.5 Å². The number of nitrogen functional groups attached to an aromatic ring is 1. The van der Waals surface area contributed by atoms with Crippen molar-refractivity contribution in [3.8, 4) is 0 Å². The van der Waals surface area contributed by atoms with Crippen LogP contribution in [0.15, 0.2) is 39.9 Å². The van der Waals surface area contributed by atoms with Crippen molar-refractivity contribution in [2.45, 2.75) is 39.2 Å². The molecular weight excluding hydrogens is 362 g/mol. The Morgan fingerprint density at radius 3 is 2.36 bits per heavy atom. The molecule has 1 atom stereocenters. The summed E-state index contributed by atoms with van der Waals surface area (Å²) < 4.78 is 7.18. The normalized spacial score (nSPS) is 11.8. The van der Waals surface area contributed by atoms with E-state index in [9.17, 15) is 19.2 Å². The Morgan fingerprint density at radius 2 is 1.79 bits per heavy atom. The van der Waals surface area contributed by atoms with Gasteiger partial charge in [0.25, 0.3) is 5.56 Å². The summed E-state index contributed by atoms with van der Waals surface area (Å²) in [7, 11) is 1.28. The van der Waals surface area contributed by atoms with Crippen LogP contribution < -0.4 is 17.0 Å². The zero-order valence-corrected chi connectivity index (χ0v) is 16.3. The van der Waals surface area contributed by atoms with Crippen molar-refractivity contribution in [3.05, 3.63) is 62.3 Å². The van der Waals surface area contributed by atoms with E-state index in [2.05, 4.69) is 0 Å². The second-order valence-electron chi connectivity index (χ2n) is 6.46. The average molecular weight is 387 g/mol. The number of nitrogens with two attached hydrogens (primary N) is 1. The van der Waals surface area contributed by atoms with Crippen molar-refractivity contribution in [2.75, 3.05) is 12.3 Å². The summed E-state index contributed by atoms with van der Waals surface area (Å²) in [6.07, 6.45) is 1.10. The van der Waals surface area contributed by atoms with Gasteiger partial charge in [-0.05, 0) is 18.4 Å². The molecule has 0 amide bonds. The van der Waals surface area contributed by atoms with E-state index in [1.165, 1.54) is 11.6 Å². The minimum Gasteiger partial charge on any atom is -0.457 e. The fraction of sp³-hybridized carbons (Fsp3) is 0.400. The molecule has 28 heavy (non-hydrogen) atoms. The van der Waals surface area contributed by atoms with Gasteiger partial charge in [-0.2, -0.15) is 0 Å². The van der Waals surface area contributed by atoms with E-state index < -0.39 is 35.5 Å². The third-order valence-electron chi connectivity index (χ3n) is 4.55. The van der Waals surface area contributed by atoms with Crippen LogP contribution in [0.25, 0.3) is 0 Å². The van der Waals surface area contributed by atoms with Gasteiger partial charge in [-0.15, -0.1) is 0 Å². The second kappa shape index (κ2) is 9.16. The summed E-state index contributed by atoms with van der Waals surface area (Å²) in [6, 6.07) is 9.10. The van der Waals surface area contributed by atoms with E-state index in [1.54, 1.807) is 0 Å². The van der Waals surface area contributed by atoms with Gasteiger partial charge in [0, 0.05) is 13.6 Å². The molecule has 1 aromatic heterocycles. The number of aromatic nitrogens is 2. The lowest BCUT2D eigenvalue weighted by Gasteiger charge is -2.16. The standard InChI is InChI=1S/C20H25N3O5/c1-4-11-23-17(21)16(18(25)22(3)20(23)27)15(24)12-28-19(26)14(5-2)13-9-7-6-8-10-13/h6-10,14H,4-5,11-12,21H2,1-3H3/t14-/m1/s1. The van der Waals surface area contributed by atoms with Crippen LogP contribution in [0.5, 0.6) is 0 Å². The highest BCUT2D eigenvalue weighted by Crippen LogP contribution is 2.21. The Hall–Kier alpha value is -3.16. The van der Waals surface area contributed by atoms with E-state index in [0.717, 1.165) is 10.1 Å². The molecule has 0 aliphatic heterocycles. The SMILES string of the molecule is CCCn1c(N)c(C(=O)COC(=O)[C@H](CC)c2ccccc2)c(=O)n(C)c1=O. The molecule has 0 aliphatic rings. The van der Waals surface area contributed by atoms with E-state index in [-0.39, 0.29) is 17.9 Å². The number of hydrogen-bond donors (Lipinski definition) is 1. The van der Waals surface area contributed by atoms with Gasteiger partial charge in [0.2, 0.25) is 5.78 Å². The Balaban J connectivity index is 2.25. The van der Waals surface area contributed by atoms with Crippen LogP contribution >= 0.6 is 0 Å². The van der Waals surface area contributed by atoms with Gasteiger partial charge in [0.05, 0.1) is 5.92 Å². The van der Waals surface area contributed by atoms with Crippen molar-refractivity contribution in [2.24, 2.45) is 7.05 Å². The maximum atomic E-state index is 12.6. The molecule has 150 valence electrons. The predicted molar refractivity (Wildman–Crippen MR) is 105 cm³/mol. The molecule has 1 heterocycles. The van der Waals surface area contributed by atoms with Crippen LogP contribution in [0.2, 0.25) is 0 Å². The molecule has 0 saturated carbocycles. The first-order valence-corrected chi connectivity index (χ1v) is 9.17. The van der Waals surface area contributed by atoms with Crippen molar-refractivity contribution < 1.29 is 14.3 Å². The number of esters is 1. The molecule has 8 heteroatoms. The number of hydrogen-bond acceptors (Lipinski definition) is 6. The van der Waals surface area contributed by atoms with Crippen LogP contribution in [0.3, 0.4) is 0 Å². The van der Waals surface area contributed by atoms with Gasteiger partial charge in [0.1, 0.15) is 11.4 Å². The number of ketones is 1. The number of nitrogens with zero attached hydrogens (tertiary/aromatic N) is 2. The van der Waals surface area contributed by atoms with Gasteiger partial charge in [0.15, 0.2) is 6.61 Å². The summed E-state index contributed by atoms with van der Waals surface area (Å²) in [6.45, 7) is 3.33. The third-order valence-corrected chi connectivity index (χ3v) is 4.55. The number of rotatable bonds is 8. The summed E-state index contributed by atoms with van der Waals surface area (Å²) in [5.41, 5.74) is 4.97. The van der Waals surface area contributed by atoms with E-state index >= 15 is 0 Å². The topological polar surface area (TPSA) is 113 Å². The number of Topliss-reactive ketones (excluding diaryl/α,β-unsaturated/α-hetero) is 1. The molecule has 0 aliphatic carbocycles. The predicted octanol–water partition coefficient (Wildman–Crippen LogP) is 1.46. The quantitative estimate of drug-likeness (QED) is 0.542. The average Bonchev–Trinajstić information content (AvgIpc) is 2.69. The van der Waals surface area contributed by atoms with Crippen molar-refractivity contribution in [3.63, 3.8) is 0 Å². The van der Waals surface area contributed by atoms with E-state index in [4.69, 9.17) is 10.5 Å². The number of carbonyl (C=O) groups excluding carboxylic acids is 2. The summed E-state index contributed by atoms with van der Waals surface area (Å²) in [5, 5.41) is 0. The highest BCUT2D eigenvalue weighted by molar-refractivity contribution is 6.01. The molecular formula is C20H25N3O5. The van der Waals surface area contributed by atoms with Crippen LogP contribution in [0.4, 0.5) is 5.82 Å². The largest absolute Gasteiger partial charge is 0.457 e. The smallest absolute Gasteiger partial charge is 0.332 e. The minimum absolute atomic E-state index is 0.203. The van der Waals surface area contributed by atoms with Crippen molar-refractivity contribution in [1.82, 2.24) is 9.13 Å². The maximum Gasteiger partial charge on any atom is 0.332 e. The highest BCUT2D eigenvalue weighted by atomic mass is 16.5. The molecule has 8 nitrogen and oxygen atoms in total. The fourth-order valence-corrected chi connectivity index (χ4v) is 3.02. The molecule has 0 saturated heterocycles. The zero-order chi connectivity index (χ0) is 20.8. The van der Waals surface area contributed by atoms with Gasteiger partial charge >= 0.3 is 11.7 Å². The van der Waals surface area contributed by atoms with Gasteiger partial charge in [-0.3, -0.25) is 23.5 Å². The lowest BCUT2D eigenvalue weighted by atomic mass is 9.97. The number of carbonyl (C=O) groups is 2. The van der Waals surface area contributed by atoms with Crippen LogP contribution in [-0.2, 0) is 23.1 Å². The zero-order valence-electron chi connectivity index (χ0n) is 16.3. The summed E-state index contributed by atoms with van der Waals surface area (Å²) >= 11 is 0. The number of benzene rings is 1. The Labute approximate surface area is 162 Å². The number of ether oxygens (including phenoxy) is 1. The molecule has 2 rings (SSSR count). The first kappa shape index (κ1) is 21.1. The summed E-state index contributed by atoms with van der Waals surface area (Å²) in [5.74, 6) is -2.01. The number of anilines is 1. The summed E-state index contributed by atoms with van der Waals surface area (Å²) in [4.78, 5) is 49.5. The Kier molecular flexibility index (Phi) is 6.92. The molecule has 1 aromatic carbocycles. The minimum atomic E-state index is -0.800. The first-order chi connectivity index (χ1) is 13.3. The first-order valence-electron chi connectivity index (χ1n) is 9.17. The fourth-order valence-electron chi connectivity index (χ4n) is 3.02. The van der Waals surface area contributed by atoms with Gasteiger partial charge in [-0.25, -0.2) is 4.79 Å². The molecule has 2 N–H and O–H groups in total. The van der Waals surface area contributed by atoms with Crippen molar-refractivity contribution >= 4 is 17.6 Å². The molecule has 0 fully saturated rings. The molecule has 0 unspecified atom stereocenters. The molecule has 0 bridgehead atoms. The maximum absolute atomic E-state index is 12.6. The highest BCUT2D eigenvalue weighted by Gasteiger charge is 2.25. The molecule has 0 spiro atoms. The van der Waals surface area contributed by atoms with Gasteiger partial charge < -0.3 is 10.5 Å².